The fourth-order valence-electron chi connectivity index (χ4n) is 2.50. The summed E-state index contributed by atoms with van der Waals surface area (Å²) >= 11 is 0. The molecule has 3 heterocycles. The van der Waals surface area contributed by atoms with E-state index in [4.69, 9.17) is 4.52 Å². The first kappa shape index (κ1) is 12.9. The molecule has 7 nitrogen and oxygen atoms in total. The van der Waals surface area contributed by atoms with Crippen molar-refractivity contribution < 1.29 is 9.32 Å². The zero-order valence-electron chi connectivity index (χ0n) is 11.9. The maximum absolute atomic E-state index is 11.8. The average Bonchev–Trinajstić information content (AvgIpc) is 3.19. The highest BCUT2D eigenvalue weighted by atomic mass is 16.5. The molecule has 2 N–H and O–H groups in total. The molecule has 1 saturated carbocycles. The van der Waals surface area contributed by atoms with Gasteiger partial charge in [0.2, 0.25) is 5.91 Å². The van der Waals surface area contributed by atoms with Gasteiger partial charge < -0.3 is 9.84 Å². The molecule has 7 heteroatoms. The highest BCUT2D eigenvalue weighted by molar-refractivity contribution is 5.93. The number of amides is 1. The maximum Gasteiger partial charge on any atom is 0.288 e. The first-order valence-electron chi connectivity index (χ1n) is 7.10. The van der Waals surface area contributed by atoms with Crippen LogP contribution in [0, 0.1) is 12.8 Å². The van der Waals surface area contributed by atoms with E-state index in [1.165, 1.54) is 0 Å². The Morgan fingerprint density at radius 2 is 2.27 bits per heavy atom. The number of hydrogen-bond donors (Lipinski definition) is 2. The number of nitrogens with one attached hydrogen (secondary N) is 2. The van der Waals surface area contributed by atoms with Crippen LogP contribution in [0.5, 0.6) is 0 Å². The predicted molar refractivity (Wildman–Crippen MR) is 79.6 cm³/mol. The highest BCUT2D eigenvalue weighted by Crippen LogP contribution is 2.30. The minimum atomic E-state index is -0.261. The fraction of sp³-hybridized carbons (Fsp3) is 0.267. The number of aromatic nitrogens is 3. The maximum atomic E-state index is 11.8. The molecule has 0 atom stereocenters. The van der Waals surface area contributed by atoms with Gasteiger partial charge >= 0.3 is 0 Å². The van der Waals surface area contributed by atoms with Gasteiger partial charge in [-0.15, -0.1) is 0 Å². The Balaban J connectivity index is 1.71. The second-order valence-electron chi connectivity index (χ2n) is 5.54. The minimum Gasteiger partial charge on any atom is -0.383 e. The lowest BCUT2D eigenvalue weighted by Crippen LogP contribution is -2.13. The fourth-order valence-corrected chi connectivity index (χ4v) is 2.50. The van der Waals surface area contributed by atoms with Crippen molar-refractivity contribution in [2.75, 3.05) is 5.32 Å². The van der Waals surface area contributed by atoms with Gasteiger partial charge in [0, 0.05) is 18.2 Å². The monoisotopic (exact) mass is 298 g/mol. The van der Waals surface area contributed by atoms with Gasteiger partial charge in [0.15, 0.2) is 5.82 Å². The molecule has 22 heavy (non-hydrogen) atoms. The summed E-state index contributed by atoms with van der Waals surface area (Å²) in [6, 6.07) is 5.42. The quantitative estimate of drug-likeness (QED) is 0.773. The lowest BCUT2D eigenvalue weighted by atomic mass is 10.1. The van der Waals surface area contributed by atoms with Gasteiger partial charge in [-0.25, -0.2) is 4.52 Å². The molecule has 0 bridgehead atoms. The smallest absolute Gasteiger partial charge is 0.288 e. The summed E-state index contributed by atoms with van der Waals surface area (Å²) in [6.07, 6.45) is 3.65. The summed E-state index contributed by atoms with van der Waals surface area (Å²) < 4.78 is 6.70. The first-order valence-corrected chi connectivity index (χ1v) is 7.10. The van der Waals surface area contributed by atoms with Crippen LogP contribution in [0.4, 0.5) is 5.82 Å². The van der Waals surface area contributed by atoms with Gasteiger partial charge in [-0.1, -0.05) is 0 Å². The number of nitrogens with zero attached hydrogens (tertiary/aromatic N) is 2. The van der Waals surface area contributed by atoms with Crippen LogP contribution in [0.3, 0.4) is 0 Å². The molecular weight excluding hydrogens is 284 g/mol. The van der Waals surface area contributed by atoms with Crippen LogP contribution < -0.4 is 10.9 Å². The van der Waals surface area contributed by atoms with Gasteiger partial charge in [-0.3, -0.25) is 9.59 Å². The zero-order chi connectivity index (χ0) is 15.3. The lowest BCUT2D eigenvalue weighted by molar-refractivity contribution is -0.117. The Labute approximate surface area is 124 Å². The van der Waals surface area contributed by atoms with Gasteiger partial charge in [0.25, 0.3) is 5.56 Å². The van der Waals surface area contributed by atoms with Crippen LogP contribution in [0.2, 0.25) is 0 Å². The van der Waals surface area contributed by atoms with E-state index in [-0.39, 0.29) is 17.4 Å². The van der Waals surface area contributed by atoms with Gasteiger partial charge in [0.1, 0.15) is 5.76 Å². The van der Waals surface area contributed by atoms with Crippen molar-refractivity contribution in [1.82, 2.24) is 14.8 Å². The summed E-state index contributed by atoms with van der Waals surface area (Å²) in [5, 5.41) is 9.44. The topological polar surface area (TPSA) is 92.4 Å². The molecule has 0 spiro atoms. The summed E-state index contributed by atoms with van der Waals surface area (Å²) in [5.41, 5.74) is 1.79. The Morgan fingerprint density at radius 3 is 2.95 bits per heavy atom. The number of H-pyrrole nitrogens is 1. The summed E-state index contributed by atoms with van der Waals surface area (Å²) in [4.78, 5) is 23.6. The van der Waals surface area contributed by atoms with Crippen LogP contribution in [-0.2, 0) is 4.79 Å². The molecule has 3 aromatic rings. The second kappa shape index (κ2) is 4.59. The normalized spacial score (nSPS) is 14.4. The molecule has 0 aromatic carbocycles. The number of pyridine rings is 1. The Morgan fingerprint density at radius 1 is 1.45 bits per heavy atom. The van der Waals surface area contributed by atoms with Crippen LogP contribution in [-0.4, -0.2) is 20.7 Å². The molecule has 0 aliphatic heterocycles. The molecular formula is C15H14N4O3. The van der Waals surface area contributed by atoms with Crippen LogP contribution in [0.15, 0.2) is 33.7 Å². The van der Waals surface area contributed by atoms with Crippen LogP contribution in [0.25, 0.3) is 16.6 Å². The molecule has 0 radical (unpaired) electrons. The first-order chi connectivity index (χ1) is 10.6. The van der Waals surface area contributed by atoms with Crippen molar-refractivity contribution in [1.29, 1.82) is 0 Å². The van der Waals surface area contributed by atoms with Crippen molar-refractivity contribution in [2.24, 2.45) is 5.92 Å². The third kappa shape index (κ3) is 2.11. The summed E-state index contributed by atoms with van der Waals surface area (Å²) in [6.45, 7) is 1.73. The number of carbonyl (C=O) groups is 1. The number of carbonyl (C=O) groups excluding carboxylic acids is 1. The van der Waals surface area contributed by atoms with E-state index in [0.29, 0.717) is 17.1 Å². The number of aryl methyl sites for hydroxylation is 1. The average molecular weight is 298 g/mol. The zero-order valence-corrected chi connectivity index (χ0v) is 11.9. The number of anilines is 1. The summed E-state index contributed by atoms with van der Waals surface area (Å²) in [5.74, 6) is 1.21. The van der Waals surface area contributed by atoms with E-state index < -0.39 is 0 Å². The molecule has 1 fully saturated rings. The molecule has 112 valence electrons. The second-order valence-corrected chi connectivity index (χ2v) is 5.54. The Kier molecular flexibility index (Phi) is 2.69. The third-order valence-electron chi connectivity index (χ3n) is 3.83. The SMILES string of the molecule is Cc1o[nH]c(=O)c1-c1ccn2nc(NC(=O)C3CC3)cc2c1. The van der Waals surface area contributed by atoms with Gasteiger partial charge in [-0.05, 0) is 37.5 Å². The lowest BCUT2D eigenvalue weighted by Gasteiger charge is -1.98. The van der Waals surface area contributed by atoms with E-state index in [2.05, 4.69) is 15.6 Å². The van der Waals surface area contributed by atoms with Crippen molar-refractivity contribution in [3.05, 3.63) is 40.5 Å². The van der Waals surface area contributed by atoms with Crippen molar-refractivity contribution in [3.8, 4) is 11.1 Å². The molecule has 1 amide bonds. The number of aromatic amines is 1. The van der Waals surface area contributed by atoms with E-state index in [1.54, 1.807) is 29.8 Å². The standard InChI is InChI=1S/C15H14N4O3/c1-8-13(15(21)18-22-8)10-4-5-19-11(6-10)7-12(17-19)16-14(20)9-2-3-9/h4-7,9H,2-3H2,1H3,(H,18,21)(H,16,17,20). The molecule has 1 aliphatic rings. The van der Waals surface area contributed by atoms with E-state index in [9.17, 15) is 9.59 Å². The molecule has 0 saturated heterocycles. The van der Waals surface area contributed by atoms with Crippen LogP contribution >= 0.6 is 0 Å². The third-order valence-corrected chi connectivity index (χ3v) is 3.83. The van der Waals surface area contributed by atoms with Crippen molar-refractivity contribution >= 4 is 17.2 Å². The number of fused-ring (bicyclic) bond motifs is 1. The molecule has 4 rings (SSSR count). The molecule has 3 aromatic heterocycles. The highest BCUT2D eigenvalue weighted by Gasteiger charge is 2.30. The predicted octanol–water partition coefficient (Wildman–Crippen LogP) is 1.94. The van der Waals surface area contributed by atoms with E-state index in [1.807, 2.05) is 6.07 Å². The van der Waals surface area contributed by atoms with E-state index >= 15 is 0 Å². The Bertz CT molecular complexity index is 930. The summed E-state index contributed by atoms with van der Waals surface area (Å²) in [7, 11) is 0. The number of rotatable bonds is 3. The van der Waals surface area contributed by atoms with Crippen molar-refractivity contribution in [2.45, 2.75) is 19.8 Å². The van der Waals surface area contributed by atoms with Gasteiger partial charge in [-0.2, -0.15) is 10.3 Å². The number of hydrogen-bond acceptors (Lipinski definition) is 4. The minimum absolute atomic E-state index is 0.0192. The molecule has 0 unspecified atom stereocenters. The van der Waals surface area contributed by atoms with Gasteiger partial charge in [0.05, 0.1) is 11.1 Å². The Hall–Kier alpha value is -2.83. The largest absolute Gasteiger partial charge is 0.383 e. The van der Waals surface area contributed by atoms with Crippen molar-refractivity contribution in [3.63, 3.8) is 0 Å². The molecule has 1 aliphatic carbocycles. The van der Waals surface area contributed by atoms with E-state index in [0.717, 1.165) is 23.9 Å². The van der Waals surface area contributed by atoms with Crippen LogP contribution in [0.1, 0.15) is 18.6 Å².